The maximum absolute atomic E-state index is 12.7. The van der Waals surface area contributed by atoms with Gasteiger partial charge in [-0.2, -0.15) is 9.49 Å². The van der Waals surface area contributed by atoms with Crippen molar-refractivity contribution in [2.45, 2.75) is 6.54 Å². The van der Waals surface area contributed by atoms with Crippen molar-refractivity contribution in [3.05, 3.63) is 30.5 Å². The van der Waals surface area contributed by atoms with Crippen LogP contribution in [0.4, 0.5) is 10.2 Å². The normalized spacial score (nSPS) is 10.3. The number of aromatic nitrogens is 5. The number of aryl methyl sites for hydroxylation is 1. The maximum Gasteiger partial charge on any atom is 0.217 e. The summed E-state index contributed by atoms with van der Waals surface area (Å²) in [5, 5.41) is 6.94. The standard InChI is InChI=1S/C8H9FN6/c1-15-5-13-8(14-15)3-10-7-2-6(9)11-4-12-7/h2,4-5H,3H2,1H3,(H,10,11,12). The lowest BCUT2D eigenvalue weighted by molar-refractivity contribution is 0.580. The summed E-state index contributed by atoms with van der Waals surface area (Å²) in [6, 6.07) is 1.21. The van der Waals surface area contributed by atoms with E-state index < -0.39 is 5.95 Å². The van der Waals surface area contributed by atoms with Gasteiger partial charge in [0.2, 0.25) is 5.95 Å². The number of rotatable bonds is 3. The lowest BCUT2D eigenvalue weighted by Crippen LogP contribution is -2.04. The average Bonchev–Trinajstić information content (AvgIpc) is 2.62. The van der Waals surface area contributed by atoms with Gasteiger partial charge in [-0.15, -0.1) is 0 Å². The Labute approximate surface area is 85.2 Å². The smallest absolute Gasteiger partial charge is 0.217 e. The van der Waals surface area contributed by atoms with Gasteiger partial charge in [0.05, 0.1) is 6.54 Å². The van der Waals surface area contributed by atoms with Gasteiger partial charge in [0.25, 0.3) is 0 Å². The van der Waals surface area contributed by atoms with E-state index in [0.717, 1.165) is 6.33 Å². The Morgan fingerprint density at radius 3 is 2.93 bits per heavy atom. The third-order valence-corrected chi connectivity index (χ3v) is 1.71. The molecule has 2 aromatic heterocycles. The first-order valence-corrected chi connectivity index (χ1v) is 4.30. The van der Waals surface area contributed by atoms with Crippen LogP contribution in [0.15, 0.2) is 18.7 Å². The van der Waals surface area contributed by atoms with Gasteiger partial charge in [-0.1, -0.05) is 0 Å². The quantitative estimate of drug-likeness (QED) is 0.737. The van der Waals surface area contributed by atoms with Crippen molar-refractivity contribution >= 4 is 5.82 Å². The molecule has 0 spiro atoms. The molecule has 0 radical (unpaired) electrons. The number of nitrogens with zero attached hydrogens (tertiary/aromatic N) is 5. The number of hydrogen-bond acceptors (Lipinski definition) is 5. The zero-order valence-corrected chi connectivity index (χ0v) is 8.05. The molecule has 0 unspecified atom stereocenters. The Hall–Kier alpha value is -2.05. The van der Waals surface area contributed by atoms with Crippen LogP contribution in [0.25, 0.3) is 0 Å². The molecule has 0 fully saturated rings. The van der Waals surface area contributed by atoms with Crippen molar-refractivity contribution in [3.8, 4) is 0 Å². The first kappa shape index (κ1) is 9.50. The minimum Gasteiger partial charge on any atom is -0.363 e. The fourth-order valence-electron chi connectivity index (χ4n) is 1.06. The highest BCUT2D eigenvalue weighted by molar-refractivity contribution is 5.32. The molecule has 0 bridgehead atoms. The van der Waals surface area contributed by atoms with E-state index in [9.17, 15) is 4.39 Å². The topological polar surface area (TPSA) is 68.5 Å². The van der Waals surface area contributed by atoms with Gasteiger partial charge in [0.15, 0.2) is 5.82 Å². The third-order valence-electron chi connectivity index (χ3n) is 1.71. The van der Waals surface area contributed by atoms with Crippen LogP contribution >= 0.6 is 0 Å². The molecule has 0 aliphatic carbocycles. The van der Waals surface area contributed by atoms with E-state index in [1.54, 1.807) is 18.1 Å². The summed E-state index contributed by atoms with van der Waals surface area (Å²) in [5.74, 6) is 0.466. The van der Waals surface area contributed by atoms with Gasteiger partial charge in [-0.05, 0) is 0 Å². The summed E-state index contributed by atoms with van der Waals surface area (Å²) >= 11 is 0. The monoisotopic (exact) mass is 208 g/mol. The fraction of sp³-hybridized carbons (Fsp3) is 0.250. The molecule has 0 aromatic carbocycles. The summed E-state index contributed by atoms with van der Waals surface area (Å²) < 4.78 is 14.3. The zero-order valence-electron chi connectivity index (χ0n) is 8.05. The second kappa shape index (κ2) is 3.99. The molecule has 6 nitrogen and oxygen atoms in total. The van der Waals surface area contributed by atoms with Crippen molar-refractivity contribution < 1.29 is 4.39 Å². The van der Waals surface area contributed by atoms with Crippen LogP contribution in [0.2, 0.25) is 0 Å². The molecule has 15 heavy (non-hydrogen) atoms. The van der Waals surface area contributed by atoms with Crippen LogP contribution in [0.3, 0.4) is 0 Å². The van der Waals surface area contributed by atoms with Gasteiger partial charge < -0.3 is 5.32 Å². The Kier molecular flexibility index (Phi) is 2.53. The first-order chi connectivity index (χ1) is 7.24. The Morgan fingerprint density at radius 1 is 1.40 bits per heavy atom. The van der Waals surface area contributed by atoms with E-state index in [0.29, 0.717) is 18.2 Å². The number of nitrogens with one attached hydrogen (secondary N) is 1. The largest absolute Gasteiger partial charge is 0.363 e. The zero-order chi connectivity index (χ0) is 10.7. The molecular weight excluding hydrogens is 199 g/mol. The fourth-order valence-corrected chi connectivity index (χ4v) is 1.06. The highest BCUT2D eigenvalue weighted by Gasteiger charge is 2.00. The highest BCUT2D eigenvalue weighted by Crippen LogP contribution is 2.03. The molecule has 0 atom stereocenters. The van der Waals surface area contributed by atoms with Crippen LogP contribution in [0, 0.1) is 5.95 Å². The van der Waals surface area contributed by atoms with Gasteiger partial charge in [-0.25, -0.2) is 15.0 Å². The number of anilines is 1. The van der Waals surface area contributed by atoms with Crippen molar-refractivity contribution in [2.75, 3.05) is 5.32 Å². The van der Waals surface area contributed by atoms with Crippen LogP contribution in [-0.4, -0.2) is 24.7 Å². The molecule has 0 saturated heterocycles. The molecule has 2 aromatic rings. The second-order valence-corrected chi connectivity index (χ2v) is 2.91. The van der Waals surface area contributed by atoms with Gasteiger partial charge >= 0.3 is 0 Å². The molecule has 78 valence electrons. The van der Waals surface area contributed by atoms with E-state index in [1.165, 1.54) is 6.07 Å². The summed E-state index contributed by atoms with van der Waals surface area (Å²) in [6.07, 6.45) is 2.75. The minimum absolute atomic E-state index is 0.400. The van der Waals surface area contributed by atoms with E-state index in [4.69, 9.17) is 0 Å². The molecule has 0 aliphatic heterocycles. The van der Waals surface area contributed by atoms with Crippen LogP contribution in [0.1, 0.15) is 5.82 Å². The highest BCUT2D eigenvalue weighted by atomic mass is 19.1. The molecule has 2 rings (SSSR count). The molecular formula is C8H9FN6. The second-order valence-electron chi connectivity index (χ2n) is 2.91. The predicted molar refractivity (Wildman–Crippen MR) is 50.3 cm³/mol. The number of hydrogen-bond donors (Lipinski definition) is 1. The Bertz CT molecular complexity index is 454. The summed E-state index contributed by atoms with van der Waals surface area (Å²) in [6.45, 7) is 0.400. The van der Waals surface area contributed by atoms with Gasteiger partial charge in [0.1, 0.15) is 18.5 Å². The molecule has 1 N–H and O–H groups in total. The lowest BCUT2D eigenvalue weighted by Gasteiger charge is -2.01. The van der Waals surface area contributed by atoms with Crippen LogP contribution in [-0.2, 0) is 13.6 Å². The van der Waals surface area contributed by atoms with Crippen molar-refractivity contribution in [3.63, 3.8) is 0 Å². The SMILES string of the molecule is Cn1cnc(CNc2cc(F)ncn2)n1. The van der Waals surface area contributed by atoms with Crippen molar-refractivity contribution in [1.82, 2.24) is 24.7 Å². The van der Waals surface area contributed by atoms with Crippen LogP contribution in [0.5, 0.6) is 0 Å². The van der Waals surface area contributed by atoms with Crippen molar-refractivity contribution in [2.24, 2.45) is 7.05 Å². The van der Waals surface area contributed by atoms with E-state index in [-0.39, 0.29) is 0 Å². The summed E-state index contributed by atoms with van der Waals surface area (Å²) in [5.41, 5.74) is 0. The van der Waals surface area contributed by atoms with E-state index >= 15 is 0 Å². The van der Waals surface area contributed by atoms with Gasteiger partial charge in [0, 0.05) is 13.1 Å². The molecule has 2 heterocycles. The summed E-state index contributed by atoms with van der Waals surface area (Å²) in [7, 11) is 1.78. The molecule has 0 aliphatic rings. The molecule has 7 heteroatoms. The summed E-state index contributed by atoms with van der Waals surface area (Å²) in [4.78, 5) is 11.2. The molecule has 0 saturated carbocycles. The average molecular weight is 208 g/mol. The Balaban J connectivity index is 1.99. The lowest BCUT2D eigenvalue weighted by atomic mass is 10.5. The number of halogens is 1. The van der Waals surface area contributed by atoms with E-state index in [2.05, 4.69) is 25.4 Å². The maximum atomic E-state index is 12.7. The van der Waals surface area contributed by atoms with E-state index in [1.807, 2.05) is 0 Å². The van der Waals surface area contributed by atoms with Gasteiger partial charge in [-0.3, -0.25) is 4.68 Å². The third kappa shape index (κ3) is 2.46. The Morgan fingerprint density at radius 2 is 2.27 bits per heavy atom. The van der Waals surface area contributed by atoms with Crippen LogP contribution < -0.4 is 5.32 Å². The predicted octanol–water partition coefficient (Wildman–Crippen LogP) is 0.356. The minimum atomic E-state index is -0.568. The van der Waals surface area contributed by atoms with Crippen molar-refractivity contribution in [1.29, 1.82) is 0 Å². The first-order valence-electron chi connectivity index (χ1n) is 4.30. The molecule has 0 amide bonds.